The predicted molar refractivity (Wildman–Crippen MR) is 59.5 cm³/mol. The molecule has 0 fully saturated rings. The molecule has 1 aromatic carbocycles. The van der Waals surface area contributed by atoms with Gasteiger partial charge in [-0.25, -0.2) is 9.37 Å². The number of hydrogen-bond donors (Lipinski definition) is 3. The number of benzene rings is 1. The second-order valence-corrected chi connectivity index (χ2v) is 3.55. The zero-order valence-electron chi connectivity index (χ0n) is 8.17. The average Bonchev–Trinajstić information content (AvgIpc) is 2.74. The van der Waals surface area contributed by atoms with Crippen LogP contribution in [0.15, 0.2) is 18.5 Å². The first-order chi connectivity index (χ1) is 7.66. The van der Waals surface area contributed by atoms with Crippen LogP contribution in [0.3, 0.4) is 0 Å². The second-order valence-electron chi connectivity index (χ2n) is 3.14. The fourth-order valence-electron chi connectivity index (χ4n) is 1.21. The molecule has 2 aromatic rings. The lowest BCUT2D eigenvalue weighted by Gasteiger charge is -2.08. The van der Waals surface area contributed by atoms with E-state index in [9.17, 15) is 4.39 Å². The quantitative estimate of drug-likeness (QED) is 0.716. The summed E-state index contributed by atoms with van der Waals surface area (Å²) in [5.41, 5.74) is 6.52. The third-order valence-corrected chi connectivity index (χ3v) is 2.29. The van der Waals surface area contributed by atoms with Gasteiger partial charge in [0, 0.05) is 6.07 Å². The molecule has 0 saturated carbocycles. The first-order valence-corrected chi connectivity index (χ1v) is 4.87. The molecule has 0 aliphatic rings. The zero-order chi connectivity index (χ0) is 11.5. The van der Waals surface area contributed by atoms with E-state index < -0.39 is 5.82 Å². The Hall–Kier alpha value is -1.82. The lowest BCUT2D eigenvalue weighted by molar-refractivity contribution is 0.629. The fourth-order valence-corrected chi connectivity index (χ4v) is 1.38. The summed E-state index contributed by atoms with van der Waals surface area (Å²) in [5, 5.41) is 9.28. The highest BCUT2D eigenvalue weighted by molar-refractivity contribution is 6.31. The van der Waals surface area contributed by atoms with E-state index in [1.54, 1.807) is 0 Å². The van der Waals surface area contributed by atoms with Crippen LogP contribution in [0, 0.1) is 5.82 Å². The number of nitrogen functional groups attached to an aromatic ring is 1. The van der Waals surface area contributed by atoms with Gasteiger partial charge in [0.05, 0.1) is 22.9 Å². The Morgan fingerprint density at radius 2 is 2.31 bits per heavy atom. The molecule has 0 aliphatic carbocycles. The number of rotatable bonds is 3. The topological polar surface area (TPSA) is 79.6 Å². The van der Waals surface area contributed by atoms with E-state index in [2.05, 4.69) is 20.5 Å². The van der Waals surface area contributed by atoms with Crippen LogP contribution in [-0.2, 0) is 6.54 Å². The van der Waals surface area contributed by atoms with Crippen LogP contribution in [-0.4, -0.2) is 15.2 Å². The summed E-state index contributed by atoms with van der Waals surface area (Å²) in [5.74, 6) is 0.116. The lowest BCUT2D eigenvalue weighted by atomic mass is 10.2. The maximum Gasteiger partial charge on any atom is 0.143 e. The number of aromatic amines is 1. The summed E-state index contributed by atoms with van der Waals surface area (Å²) in [6.07, 6.45) is 1.39. The Kier molecular flexibility index (Phi) is 2.91. The van der Waals surface area contributed by atoms with Gasteiger partial charge in [-0.3, -0.25) is 5.10 Å². The van der Waals surface area contributed by atoms with Crippen molar-refractivity contribution < 1.29 is 4.39 Å². The Morgan fingerprint density at radius 3 is 3.00 bits per heavy atom. The first-order valence-electron chi connectivity index (χ1n) is 4.49. The van der Waals surface area contributed by atoms with Crippen molar-refractivity contribution >= 4 is 23.0 Å². The predicted octanol–water partition coefficient (Wildman–Crippen LogP) is 1.79. The average molecular weight is 242 g/mol. The monoisotopic (exact) mass is 241 g/mol. The van der Waals surface area contributed by atoms with Gasteiger partial charge in [0.1, 0.15) is 18.0 Å². The van der Waals surface area contributed by atoms with Crippen LogP contribution in [0.25, 0.3) is 0 Å². The highest BCUT2D eigenvalue weighted by Crippen LogP contribution is 2.26. The maximum atomic E-state index is 13.2. The summed E-state index contributed by atoms with van der Waals surface area (Å²) in [6, 6.07) is 2.60. The molecule has 2 rings (SSSR count). The minimum Gasteiger partial charge on any atom is -0.397 e. The van der Waals surface area contributed by atoms with Crippen molar-refractivity contribution in [1.29, 1.82) is 0 Å². The van der Waals surface area contributed by atoms with E-state index in [4.69, 9.17) is 17.3 Å². The van der Waals surface area contributed by atoms with Crippen LogP contribution in [0.2, 0.25) is 5.02 Å². The number of H-pyrrole nitrogens is 1. The Bertz CT molecular complexity index is 485. The summed E-state index contributed by atoms with van der Waals surface area (Å²) in [6.45, 7) is 0.380. The van der Waals surface area contributed by atoms with Crippen molar-refractivity contribution in [3.05, 3.63) is 35.1 Å². The number of anilines is 2. The summed E-state index contributed by atoms with van der Waals surface area (Å²) < 4.78 is 13.2. The minimum atomic E-state index is -0.518. The Balaban J connectivity index is 2.12. The van der Waals surface area contributed by atoms with Gasteiger partial charge in [0.25, 0.3) is 0 Å². The molecule has 84 valence electrons. The molecule has 4 N–H and O–H groups in total. The molecule has 0 radical (unpaired) electrons. The molecule has 0 bridgehead atoms. The minimum absolute atomic E-state index is 0.00251. The number of nitrogens with two attached hydrogens (primary N) is 1. The van der Waals surface area contributed by atoms with Gasteiger partial charge in [-0.05, 0) is 6.07 Å². The van der Waals surface area contributed by atoms with Crippen molar-refractivity contribution in [2.45, 2.75) is 6.54 Å². The third kappa shape index (κ3) is 2.22. The molecule has 1 heterocycles. The van der Waals surface area contributed by atoms with Crippen LogP contribution in [0.1, 0.15) is 5.82 Å². The number of aromatic nitrogens is 3. The Labute approximate surface area is 95.8 Å². The summed E-state index contributed by atoms with van der Waals surface area (Å²) in [7, 11) is 0. The smallest absolute Gasteiger partial charge is 0.143 e. The van der Waals surface area contributed by atoms with Crippen LogP contribution >= 0.6 is 11.6 Å². The van der Waals surface area contributed by atoms with E-state index >= 15 is 0 Å². The molecule has 0 saturated heterocycles. The maximum absolute atomic E-state index is 13.2. The van der Waals surface area contributed by atoms with Gasteiger partial charge in [0.2, 0.25) is 0 Å². The summed E-state index contributed by atoms with van der Waals surface area (Å²) in [4.78, 5) is 3.91. The molecule has 5 nitrogen and oxygen atoms in total. The van der Waals surface area contributed by atoms with Crippen molar-refractivity contribution in [2.24, 2.45) is 0 Å². The number of halogens is 2. The first kappa shape index (κ1) is 10.7. The zero-order valence-corrected chi connectivity index (χ0v) is 8.92. The molecule has 7 heteroatoms. The molecule has 0 spiro atoms. The van der Waals surface area contributed by atoms with E-state index in [0.717, 1.165) is 0 Å². The van der Waals surface area contributed by atoms with Crippen molar-refractivity contribution in [3.63, 3.8) is 0 Å². The van der Waals surface area contributed by atoms with Crippen LogP contribution in [0.4, 0.5) is 15.8 Å². The van der Waals surface area contributed by atoms with Gasteiger partial charge in [-0.1, -0.05) is 11.6 Å². The number of nitrogens with one attached hydrogen (secondary N) is 2. The molecular weight excluding hydrogens is 233 g/mol. The lowest BCUT2D eigenvalue weighted by Crippen LogP contribution is -2.04. The second kappa shape index (κ2) is 4.36. The SMILES string of the molecule is Nc1cc(Cl)c(F)cc1NCc1ncn[nH]1. The Morgan fingerprint density at radius 1 is 1.50 bits per heavy atom. The van der Waals surface area contributed by atoms with E-state index in [-0.39, 0.29) is 5.02 Å². The van der Waals surface area contributed by atoms with Gasteiger partial charge in [-0.15, -0.1) is 0 Å². The van der Waals surface area contributed by atoms with E-state index in [1.807, 2.05) is 0 Å². The van der Waals surface area contributed by atoms with Gasteiger partial charge < -0.3 is 11.1 Å². The van der Waals surface area contributed by atoms with Crippen molar-refractivity contribution in [1.82, 2.24) is 15.2 Å². The van der Waals surface area contributed by atoms with Crippen LogP contribution in [0.5, 0.6) is 0 Å². The fraction of sp³-hybridized carbons (Fsp3) is 0.111. The number of nitrogens with zero attached hydrogens (tertiary/aromatic N) is 2. The molecule has 0 amide bonds. The summed E-state index contributed by atoms with van der Waals surface area (Å²) >= 11 is 5.57. The van der Waals surface area contributed by atoms with Gasteiger partial charge in [0.15, 0.2) is 0 Å². The molecule has 1 aromatic heterocycles. The van der Waals surface area contributed by atoms with Gasteiger partial charge in [-0.2, -0.15) is 5.10 Å². The highest BCUT2D eigenvalue weighted by Gasteiger charge is 2.06. The molecule has 0 unspecified atom stereocenters. The third-order valence-electron chi connectivity index (χ3n) is 2.00. The normalized spacial score (nSPS) is 10.4. The van der Waals surface area contributed by atoms with Crippen LogP contribution < -0.4 is 11.1 Å². The van der Waals surface area contributed by atoms with E-state index in [1.165, 1.54) is 18.5 Å². The number of hydrogen-bond acceptors (Lipinski definition) is 4. The largest absolute Gasteiger partial charge is 0.397 e. The highest BCUT2D eigenvalue weighted by atomic mass is 35.5. The molecule has 0 atom stereocenters. The standard InChI is InChI=1S/C9H9ClFN5/c10-5-1-7(12)8(2-6(5)11)13-3-9-14-4-15-16-9/h1-2,4,13H,3,12H2,(H,14,15,16). The molecule has 16 heavy (non-hydrogen) atoms. The molecule has 0 aliphatic heterocycles. The molecular formula is C9H9ClFN5. The van der Waals surface area contributed by atoms with Gasteiger partial charge >= 0.3 is 0 Å². The van der Waals surface area contributed by atoms with Crippen molar-refractivity contribution in [3.8, 4) is 0 Å². The van der Waals surface area contributed by atoms with E-state index in [0.29, 0.717) is 23.7 Å². The van der Waals surface area contributed by atoms with Crippen molar-refractivity contribution in [2.75, 3.05) is 11.1 Å².